The Balaban J connectivity index is 2.91. The van der Waals surface area contributed by atoms with Gasteiger partial charge >= 0.3 is 0 Å². The summed E-state index contributed by atoms with van der Waals surface area (Å²) in [6.45, 7) is 4.88. The van der Waals surface area contributed by atoms with Crippen LogP contribution in [0.25, 0.3) is 0 Å². The molecular formula is C10H13N2O3S. The van der Waals surface area contributed by atoms with Crippen molar-refractivity contribution in [3.8, 4) is 0 Å². The molecule has 0 saturated heterocycles. The summed E-state index contributed by atoms with van der Waals surface area (Å²) < 4.78 is 25.3. The van der Waals surface area contributed by atoms with Gasteiger partial charge in [0.05, 0.1) is 4.90 Å². The molecular weight excluding hydrogens is 228 g/mol. The van der Waals surface area contributed by atoms with Crippen LogP contribution in [0.5, 0.6) is 0 Å². The molecule has 0 bridgehead atoms. The predicted octanol–water partition coefficient (Wildman–Crippen LogP) is 0.757. The van der Waals surface area contributed by atoms with Crippen LogP contribution in [0.2, 0.25) is 0 Å². The van der Waals surface area contributed by atoms with Gasteiger partial charge in [0.15, 0.2) is 0 Å². The van der Waals surface area contributed by atoms with Gasteiger partial charge in [0.2, 0.25) is 15.9 Å². The van der Waals surface area contributed by atoms with E-state index in [1.807, 2.05) is 0 Å². The van der Waals surface area contributed by atoms with Gasteiger partial charge in [-0.15, -0.1) is 0 Å². The summed E-state index contributed by atoms with van der Waals surface area (Å²) >= 11 is 0. The molecule has 0 saturated carbocycles. The van der Waals surface area contributed by atoms with Gasteiger partial charge < -0.3 is 5.32 Å². The molecule has 2 N–H and O–H groups in total. The van der Waals surface area contributed by atoms with Crippen molar-refractivity contribution >= 4 is 21.6 Å². The first-order chi connectivity index (χ1) is 7.45. The highest BCUT2D eigenvalue weighted by Crippen LogP contribution is 2.13. The summed E-state index contributed by atoms with van der Waals surface area (Å²) in [5, 5.41) is 2.55. The first-order valence-corrected chi connectivity index (χ1v) is 6.10. The van der Waals surface area contributed by atoms with Gasteiger partial charge in [-0.25, -0.2) is 13.1 Å². The normalized spacial score (nSPS) is 11.1. The SMILES string of the molecule is [CH2]CNS(=O)(=O)c1ccc(NC(C)=O)cc1. The molecule has 0 atom stereocenters. The molecule has 0 aromatic heterocycles. The summed E-state index contributed by atoms with van der Waals surface area (Å²) in [6.07, 6.45) is 0. The first-order valence-electron chi connectivity index (χ1n) is 4.62. The molecule has 0 unspecified atom stereocenters. The average molecular weight is 241 g/mol. The number of benzene rings is 1. The van der Waals surface area contributed by atoms with E-state index in [4.69, 9.17) is 0 Å². The van der Waals surface area contributed by atoms with Crippen LogP contribution in [0.4, 0.5) is 5.69 Å². The minimum Gasteiger partial charge on any atom is -0.326 e. The highest BCUT2D eigenvalue weighted by atomic mass is 32.2. The van der Waals surface area contributed by atoms with Crippen LogP contribution in [-0.2, 0) is 14.8 Å². The molecule has 0 fully saturated rings. The number of nitrogens with one attached hydrogen (secondary N) is 2. The molecule has 0 spiro atoms. The Bertz CT molecular complexity index is 465. The van der Waals surface area contributed by atoms with Crippen LogP contribution in [0.1, 0.15) is 6.92 Å². The van der Waals surface area contributed by atoms with E-state index in [1.54, 1.807) is 0 Å². The lowest BCUT2D eigenvalue weighted by atomic mass is 10.3. The Hall–Kier alpha value is -1.40. The van der Waals surface area contributed by atoms with Gasteiger partial charge in [0.25, 0.3) is 0 Å². The van der Waals surface area contributed by atoms with Crippen molar-refractivity contribution in [2.24, 2.45) is 0 Å². The predicted molar refractivity (Wildman–Crippen MR) is 61.3 cm³/mol. The van der Waals surface area contributed by atoms with Gasteiger partial charge in [0, 0.05) is 19.2 Å². The van der Waals surface area contributed by atoms with Crippen molar-refractivity contribution in [2.75, 3.05) is 11.9 Å². The number of hydrogen-bond acceptors (Lipinski definition) is 3. The zero-order valence-corrected chi connectivity index (χ0v) is 9.67. The lowest BCUT2D eigenvalue weighted by molar-refractivity contribution is -0.114. The zero-order chi connectivity index (χ0) is 12.2. The Kier molecular flexibility index (Phi) is 4.03. The van der Waals surface area contributed by atoms with E-state index in [0.717, 1.165) is 0 Å². The van der Waals surface area contributed by atoms with Gasteiger partial charge in [-0.3, -0.25) is 4.79 Å². The fraction of sp³-hybridized carbons (Fsp3) is 0.200. The van der Waals surface area contributed by atoms with Crippen LogP contribution in [0.3, 0.4) is 0 Å². The summed E-state index contributed by atoms with van der Waals surface area (Å²) in [5.41, 5.74) is 0.557. The third-order valence-electron chi connectivity index (χ3n) is 1.78. The Morgan fingerprint density at radius 3 is 2.31 bits per heavy atom. The second kappa shape index (κ2) is 5.09. The maximum Gasteiger partial charge on any atom is 0.240 e. The van der Waals surface area contributed by atoms with Crippen molar-refractivity contribution in [1.82, 2.24) is 4.72 Å². The van der Waals surface area contributed by atoms with Crippen molar-refractivity contribution in [1.29, 1.82) is 0 Å². The third kappa shape index (κ3) is 3.32. The number of carbonyl (C=O) groups is 1. The molecule has 1 rings (SSSR count). The van der Waals surface area contributed by atoms with Crippen molar-refractivity contribution in [3.63, 3.8) is 0 Å². The fourth-order valence-corrected chi connectivity index (χ4v) is 2.07. The Morgan fingerprint density at radius 2 is 1.88 bits per heavy atom. The zero-order valence-electron chi connectivity index (χ0n) is 8.86. The van der Waals surface area contributed by atoms with Crippen molar-refractivity contribution in [2.45, 2.75) is 11.8 Å². The molecule has 6 heteroatoms. The third-order valence-corrected chi connectivity index (χ3v) is 3.25. The van der Waals surface area contributed by atoms with Gasteiger partial charge in [-0.1, -0.05) is 0 Å². The van der Waals surface area contributed by atoms with E-state index >= 15 is 0 Å². The molecule has 0 aliphatic heterocycles. The van der Waals surface area contributed by atoms with Gasteiger partial charge in [-0.05, 0) is 31.2 Å². The molecule has 1 aromatic rings. The van der Waals surface area contributed by atoms with Crippen LogP contribution in [0, 0.1) is 6.92 Å². The second-order valence-electron chi connectivity index (χ2n) is 3.10. The quantitative estimate of drug-likeness (QED) is 0.817. The van der Waals surface area contributed by atoms with E-state index < -0.39 is 10.0 Å². The molecule has 1 amide bonds. The average Bonchev–Trinajstić information content (AvgIpc) is 2.17. The summed E-state index contributed by atoms with van der Waals surface area (Å²) in [4.78, 5) is 10.9. The number of hydrogen-bond donors (Lipinski definition) is 2. The molecule has 1 aromatic carbocycles. The minimum absolute atomic E-state index is 0.0930. The monoisotopic (exact) mass is 241 g/mol. The van der Waals surface area contributed by atoms with E-state index in [0.29, 0.717) is 5.69 Å². The molecule has 0 aliphatic carbocycles. The summed E-state index contributed by atoms with van der Waals surface area (Å²) in [6, 6.07) is 5.89. The number of amides is 1. The lowest BCUT2D eigenvalue weighted by Gasteiger charge is -2.06. The molecule has 16 heavy (non-hydrogen) atoms. The minimum atomic E-state index is -3.48. The highest BCUT2D eigenvalue weighted by Gasteiger charge is 2.11. The first kappa shape index (κ1) is 12.7. The van der Waals surface area contributed by atoms with E-state index in [2.05, 4.69) is 17.0 Å². The summed E-state index contributed by atoms with van der Waals surface area (Å²) in [5.74, 6) is -0.202. The summed E-state index contributed by atoms with van der Waals surface area (Å²) in [7, 11) is -3.48. The van der Waals surface area contributed by atoms with Crippen LogP contribution < -0.4 is 10.0 Å². The van der Waals surface area contributed by atoms with Gasteiger partial charge in [-0.2, -0.15) is 0 Å². The van der Waals surface area contributed by atoms with Gasteiger partial charge in [0.1, 0.15) is 0 Å². The molecule has 87 valence electrons. The Labute approximate surface area is 94.9 Å². The lowest BCUT2D eigenvalue weighted by Crippen LogP contribution is -2.23. The molecule has 0 heterocycles. The standard InChI is InChI=1S/C10H13N2O3S/c1-3-11-16(14,15)10-6-4-9(5-7-10)12-8(2)13/h4-7,11H,1,3H2,2H3,(H,12,13). The van der Waals surface area contributed by atoms with Crippen LogP contribution in [-0.4, -0.2) is 20.9 Å². The number of sulfonamides is 1. The van der Waals surface area contributed by atoms with Crippen molar-refractivity contribution < 1.29 is 13.2 Å². The number of rotatable bonds is 4. The van der Waals surface area contributed by atoms with Crippen LogP contribution in [0.15, 0.2) is 29.2 Å². The maximum atomic E-state index is 11.5. The molecule has 1 radical (unpaired) electrons. The van der Waals surface area contributed by atoms with E-state index in [-0.39, 0.29) is 17.3 Å². The van der Waals surface area contributed by atoms with E-state index in [1.165, 1.54) is 31.2 Å². The smallest absolute Gasteiger partial charge is 0.240 e. The largest absolute Gasteiger partial charge is 0.326 e. The maximum absolute atomic E-state index is 11.5. The van der Waals surface area contributed by atoms with Crippen molar-refractivity contribution in [3.05, 3.63) is 31.2 Å². The molecule has 0 aliphatic rings. The Morgan fingerprint density at radius 1 is 1.31 bits per heavy atom. The number of anilines is 1. The number of carbonyl (C=O) groups excluding carboxylic acids is 1. The van der Waals surface area contributed by atoms with E-state index in [9.17, 15) is 13.2 Å². The second-order valence-corrected chi connectivity index (χ2v) is 4.87. The highest BCUT2D eigenvalue weighted by molar-refractivity contribution is 7.89. The van der Waals surface area contributed by atoms with Crippen LogP contribution >= 0.6 is 0 Å². The molecule has 5 nitrogen and oxygen atoms in total. The topological polar surface area (TPSA) is 75.3 Å². The fourth-order valence-electron chi connectivity index (χ4n) is 1.14.